The molecule has 16 heteroatoms. The summed E-state index contributed by atoms with van der Waals surface area (Å²) in [6.45, 7) is 14.7. The summed E-state index contributed by atoms with van der Waals surface area (Å²) >= 11 is 0. The highest BCUT2D eigenvalue weighted by molar-refractivity contribution is 5.86. The third kappa shape index (κ3) is 10.6. The molecule has 1 N–H and O–H groups in total. The Morgan fingerprint density at radius 1 is 0.831 bits per heavy atom. The quantitative estimate of drug-likeness (QED) is 0.221. The summed E-state index contributed by atoms with van der Waals surface area (Å²) in [5.41, 5.74) is -0.811. The minimum atomic E-state index is -2.07. The highest BCUT2D eigenvalue weighted by Crippen LogP contribution is 2.46. The van der Waals surface area contributed by atoms with Crippen LogP contribution in [0.25, 0.3) is 0 Å². The van der Waals surface area contributed by atoms with Crippen LogP contribution in [-0.2, 0) is 71.2 Å². The van der Waals surface area contributed by atoms with Crippen molar-refractivity contribution in [2.75, 3.05) is 35.0 Å². The number of carbonyl (C=O) groups is 3. The molecule has 59 heavy (non-hydrogen) atoms. The van der Waals surface area contributed by atoms with Gasteiger partial charge in [0.25, 0.3) is 0 Å². The predicted molar refractivity (Wildman–Crippen MR) is 210 cm³/mol. The first-order chi connectivity index (χ1) is 27.9. The SMILES string of the molecule is CO[C@@H]1[C@@H](OC)[C@H](O[C@H]2[C@H](OC)[C@H](O[C@@H]3C[C@@H]4CC(=O)[C@]5(O)O[C@H](C[C@H]5C)C(C)(C)[C@@H](/C=C/C=C/C(C)C)OC(=O)C[C@H](O4)[C@@H]3C)OC[C@H]2OC(C)=O)O[C@H](C)[C@H]1OC. The summed E-state index contributed by atoms with van der Waals surface area (Å²) in [6, 6.07) is 0. The van der Waals surface area contributed by atoms with Gasteiger partial charge in [-0.3, -0.25) is 14.4 Å². The highest BCUT2D eigenvalue weighted by Gasteiger charge is 2.57. The number of methoxy groups -OCH3 is 4. The fourth-order valence-electron chi connectivity index (χ4n) is 8.96. The minimum absolute atomic E-state index is 0.112. The zero-order chi connectivity index (χ0) is 43.4. The Labute approximate surface area is 348 Å². The topological polar surface area (TPSA) is 182 Å². The van der Waals surface area contributed by atoms with Gasteiger partial charge in [-0.1, -0.05) is 59.8 Å². The predicted octanol–water partition coefficient (Wildman–Crippen LogP) is 3.83. The number of esters is 2. The lowest BCUT2D eigenvalue weighted by molar-refractivity contribution is -0.358. The maximum Gasteiger partial charge on any atom is 0.309 e. The molecule has 0 radical (unpaired) electrons. The van der Waals surface area contributed by atoms with Gasteiger partial charge in [0.2, 0.25) is 5.79 Å². The Kier molecular flexibility index (Phi) is 16.4. The lowest BCUT2D eigenvalue weighted by Crippen LogP contribution is -2.64. The largest absolute Gasteiger partial charge is 0.457 e. The minimum Gasteiger partial charge on any atom is -0.457 e. The number of hydrogen-bond acceptors (Lipinski definition) is 16. The van der Waals surface area contributed by atoms with E-state index in [-0.39, 0.29) is 25.9 Å². The van der Waals surface area contributed by atoms with Crippen molar-refractivity contribution in [2.24, 2.45) is 23.2 Å². The monoisotopic (exact) mass is 840 g/mol. The van der Waals surface area contributed by atoms with E-state index in [1.807, 2.05) is 52.0 Å². The summed E-state index contributed by atoms with van der Waals surface area (Å²) in [5, 5.41) is 11.9. The van der Waals surface area contributed by atoms with Gasteiger partial charge in [-0.05, 0) is 25.3 Å². The average Bonchev–Trinajstić information content (AvgIpc) is 3.50. The van der Waals surface area contributed by atoms with Gasteiger partial charge in [-0.25, -0.2) is 0 Å². The molecule has 16 nitrogen and oxygen atoms in total. The van der Waals surface area contributed by atoms with Crippen molar-refractivity contribution in [3.8, 4) is 0 Å². The summed E-state index contributed by atoms with van der Waals surface area (Å²) in [5.74, 6) is -4.27. The van der Waals surface area contributed by atoms with Gasteiger partial charge in [0.15, 0.2) is 24.5 Å². The second-order valence-electron chi connectivity index (χ2n) is 17.5. The Morgan fingerprint density at radius 3 is 2.12 bits per heavy atom. The third-order valence-electron chi connectivity index (χ3n) is 12.6. The summed E-state index contributed by atoms with van der Waals surface area (Å²) in [6.07, 6.45) is -2.76. The van der Waals surface area contributed by atoms with Crippen molar-refractivity contribution in [3.05, 3.63) is 24.3 Å². The van der Waals surface area contributed by atoms with Crippen molar-refractivity contribution in [1.82, 2.24) is 0 Å². The third-order valence-corrected chi connectivity index (χ3v) is 12.6. The number of hydrogen-bond donors (Lipinski definition) is 1. The molecule has 336 valence electrons. The molecule has 0 saturated carbocycles. The first-order valence-corrected chi connectivity index (χ1v) is 20.9. The molecule has 0 aromatic rings. The van der Waals surface area contributed by atoms with E-state index in [0.717, 1.165) is 0 Å². The number of aliphatic hydroxyl groups is 1. The first-order valence-electron chi connectivity index (χ1n) is 20.9. The Morgan fingerprint density at radius 2 is 1.49 bits per heavy atom. The highest BCUT2D eigenvalue weighted by atomic mass is 16.8. The van der Waals surface area contributed by atoms with E-state index in [1.165, 1.54) is 21.1 Å². The van der Waals surface area contributed by atoms with Crippen LogP contribution in [0.3, 0.4) is 0 Å². The van der Waals surface area contributed by atoms with Crippen molar-refractivity contribution < 1.29 is 76.3 Å². The van der Waals surface area contributed by atoms with Gasteiger partial charge in [-0.2, -0.15) is 0 Å². The van der Waals surface area contributed by atoms with Crippen LogP contribution in [0.2, 0.25) is 0 Å². The molecule has 5 saturated heterocycles. The van der Waals surface area contributed by atoms with Crippen LogP contribution in [0.5, 0.6) is 0 Å². The Balaban J connectivity index is 1.42. The van der Waals surface area contributed by atoms with Gasteiger partial charge < -0.3 is 61.9 Å². The molecule has 5 aliphatic rings. The van der Waals surface area contributed by atoms with E-state index in [0.29, 0.717) is 12.3 Å². The number of ketones is 1. The molecule has 0 aliphatic carbocycles. The fraction of sp³-hybridized carbons (Fsp3) is 0.837. The molecule has 0 unspecified atom stereocenters. The van der Waals surface area contributed by atoms with Crippen LogP contribution in [0, 0.1) is 23.2 Å². The van der Waals surface area contributed by atoms with Crippen LogP contribution in [0.15, 0.2) is 24.3 Å². The number of rotatable bonds is 12. The summed E-state index contributed by atoms with van der Waals surface area (Å²) < 4.78 is 73.7. The molecule has 17 atom stereocenters. The van der Waals surface area contributed by atoms with Gasteiger partial charge in [0.1, 0.15) is 36.6 Å². The maximum atomic E-state index is 14.1. The molecule has 0 amide bonds. The molecule has 0 aromatic carbocycles. The number of carbonyl (C=O) groups excluding carboxylic acids is 3. The number of ether oxygens (including phenoxy) is 12. The van der Waals surface area contributed by atoms with Crippen molar-refractivity contribution >= 4 is 17.7 Å². The molecule has 0 aromatic heterocycles. The smallest absolute Gasteiger partial charge is 0.309 e. The Bertz CT molecular complexity index is 1480. The first kappa shape index (κ1) is 47.7. The van der Waals surface area contributed by atoms with Gasteiger partial charge in [0, 0.05) is 65.5 Å². The van der Waals surface area contributed by atoms with Crippen LogP contribution >= 0.6 is 0 Å². The molecule has 5 aliphatic heterocycles. The standard InChI is InChI=1S/C43H68O16/c1-22(2)15-13-14-16-32-42(7,8)33-17-23(3)43(47,59-33)31(45)19-27-18-28(24(4)29(55-27)20-34(46)57-32)56-40-38(50-11)36(30(21-52-40)54-26(6)44)58-41-39(51-12)37(49-10)35(48-9)25(5)53-41/h13-16,22-25,27-30,32-33,35-41,47H,17-21H2,1-12H3/b15-13+,16-14+/t23-,24-,25-,27-,28-,29+,30-,32-,33-,35-,36-,37+,38+,39-,40+,41+,43-/m1/s1. The number of allylic oxidation sites excluding steroid dienone is 3. The van der Waals surface area contributed by atoms with E-state index in [4.69, 9.17) is 56.8 Å². The van der Waals surface area contributed by atoms with Gasteiger partial charge in [-0.15, -0.1) is 0 Å². The maximum absolute atomic E-state index is 14.1. The number of Topliss-reactive ketones (excluding diaryl/α,β-unsaturated/α-hetero) is 1. The average molecular weight is 841 g/mol. The molecule has 5 rings (SSSR count). The van der Waals surface area contributed by atoms with Crippen LogP contribution < -0.4 is 0 Å². The summed E-state index contributed by atoms with van der Waals surface area (Å²) in [7, 11) is 6.08. The molecule has 4 bridgehead atoms. The van der Waals surface area contributed by atoms with Crippen molar-refractivity contribution in [1.29, 1.82) is 0 Å². The molecular weight excluding hydrogens is 772 g/mol. The number of cyclic esters (lactones) is 1. The zero-order valence-corrected chi connectivity index (χ0v) is 36.7. The molecule has 5 heterocycles. The van der Waals surface area contributed by atoms with E-state index in [2.05, 4.69) is 13.8 Å². The van der Waals surface area contributed by atoms with Crippen LogP contribution in [0.1, 0.15) is 81.1 Å². The number of fused-ring (bicyclic) bond motifs is 4. The summed E-state index contributed by atoms with van der Waals surface area (Å²) in [4.78, 5) is 40.3. The van der Waals surface area contributed by atoms with E-state index in [9.17, 15) is 19.5 Å². The second kappa shape index (κ2) is 20.2. The van der Waals surface area contributed by atoms with Crippen molar-refractivity contribution in [3.63, 3.8) is 0 Å². The van der Waals surface area contributed by atoms with E-state index in [1.54, 1.807) is 21.1 Å². The molecular formula is C43H68O16. The molecule has 5 fully saturated rings. The Hall–Kier alpha value is -2.35. The van der Waals surface area contributed by atoms with Crippen LogP contribution in [-0.4, -0.2) is 149 Å². The molecule has 0 spiro atoms. The van der Waals surface area contributed by atoms with Crippen LogP contribution in [0.4, 0.5) is 0 Å². The van der Waals surface area contributed by atoms with Gasteiger partial charge >= 0.3 is 11.9 Å². The second-order valence-corrected chi connectivity index (χ2v) is 17.5. The van der Waals surface area contributed by atoms with E-state index < -0.39 is 127 Å². The zero-order valence-electron chi connectivity index (χ0n) is 36.7. The lowest BCUT2D eigenvalue weighted by atomic mass is 9.77. The van der Waals surface area contributed by atoms with Gasteiger partial charge in [0.05, 0.1) is 43.5 Å². The van der Waals surface area contributed by atoms with Crippen molar-refractivity contribution in [2.45, 2.75) is 173 Å². The lowest BCUT2D eigenvalue weighted by Gasteiger charge is -2.48. The normalized spacial score (nSPS) is 43.3. The fourth-order valence-corrected chi connectivity index (χ4v) is 8.96. The van der Waals surface area contributed by atoms with E-state index >= 15 is 0 Å².